The number of hydrogen-bond donors (Lipinski definition) is 2. The van der Waals surface area contributed by atoms with E-state index in [1.54, 1.807) is 0 Å². The van der Waals surface area contributed by atoms with Crippen LogP contribution in [-0.4, -0.2) is 12.8 Å². The first-order valence-electron chi connectivity index (χ1n) is 6.14. The zero-order valence-corrected chi connectivity index (χ0v) is 13.2. The molecule has 5 heteroatoms. The average molecular weight is 382 g/mol. The monoisotopic (exact) mass is 382 g/mol. The van der Waals surface area contributed by atoms with Gasteiger partial charge in [0.1, 0.15) is 5.75 Å². The van der Waals surface area contributed by atoms with E-state index in [1.807, 2.05) is 55.5 Å². The van der Waals surface area contributed by atoms with Crippen LogP contribution in [0.3, 0.4) is 0 Å². The summed E-state index contributed by atoms with van der Waals surface area (Å²) in [6.07, 6.45) is 0. The van der Waals surface area contributed by atoms with Gasteiger partial charge in [-0.1, -0.05) is 18.2 Å². The van der Waals surface area contributed by atoms with Crippen LogP contribution in [0.1, 0.15) is 5.56 Å². The standard InChI is InChI=1S/C15H15IN2O2/c1-11-9-12(16)7-8-14(11)18-15(19)17-10-20-13-5-3-2-4-6-13/h2-9H,10H2,1H3,(H2,17,18,19). The molecular formula is C15H15IN2O2. The molecule has 0 saturated carbocycles. The average Bonchev–Trinajstić information content (AvgIpc) is 2.43. The highest BCUT2D eigenvalue weighted by molar-refractivity contribution is 14.1. The molecule has 0 heterocycles. The molecule has 0 aliphatic carbocycles. The van der Waals surface area contributed by atoms with E-state index in [9.17, 15) is 4.79 Å². The van der Waals surface area contributed by atoms with Gasteiger partial charge in [-0.15, -0.1) is 0 Å². The Bertz CT molecular complexity index is 588. The van der Waals surface area contributed by atoms with E-state index in [4.69, 9.17) is 4.74 Å². The third-order valence-electron chi connectivity index (χ3n) is 2.65. The number of para-hydroxylation sites is 1. The maximum Gasteiger partial charge on any atom is 0.321 e. The minimum atomic E-state index is -0.287. The van der Waals surface area contributed by atoms with Crippen molar-refractivity contribution < 1.29 is 9.53 Å². The van der Waals surface area contributed by atoms with Gasteiger partial charge < -0.3 is 15.4 Å². The number of ether oxygens (including phenoxy) is 1. The van der Waals surface area contributed by atoms with Crippen molar-refractivity contribution in [2.75, 3.05) is 12.0 Å². The number of urea groups is 1. The summed E-state index contributed by atoms with van der Waals surface area (Å²) in [7, 11) is 0. The van der Waals surface area contributed by atoms with Gasteiger partial charge in [-0.25, -0.2) is 4.79 Å². The zero-order valence-electron chi connectivity index (χ0n) is 11.0. The number of hydrogen-bond acceptors (Lipinski definition) is 2. The van der Waals surface area contributed by atoms with E-state index in [2.05, 4.69) is 33.2 Å². The third-order valence-corrected chi connectivity index (χ3v) is 3.32. The van der Waals surface area contributed by atoms with Gasteiger partial charge in [0.05, 0.1) is 0 Å². The van der Waals surface area contributed by atoms with Gasteiger partial charge in [0, 0.05) is 9.26 Å². The Morgan fingerprint density at radius 1 is 1.20 bits per heavy atom. The molecule has 2 aromatic carbocycles. The van der Waals surface area contributed by atoms with E-state index >= 15 is 0 Å². The van der Waals surface area contributed by atoms with Crippen molar-refractivity contribution in [1.82, 2.24) is 5.32 Å². The van der Waals surface area contributed by atoms with Gasteiger partial charge in [-0.2, -0.15) is 0 Å². The fourth-order valence-electron chi connectivity index (χ4n) is 1.64. The number of benzene rings is 2. The molecular weight excluding hydrogens is 367 g/mol. The summed E-state index contributed by atoms with van der Waals surface area (Å²) in [6, 6.07) is 14.9. The molecule has 0 unspecified atom stereocenters. The number of aryl methyl sites for hydroxylation is 1. The number of amides is 2. The van der Waals surface area contributed by atoms with E-state index in [0.717, 1.165) is 20.6 Å². The Morgan fingerprint density at radius 2 is 1.95 bits per heavy atom. The van der Waals surface area contributed by atoms with E-state index in [-0.39, 0.29) is 12.8 Å². The number of anilines is 1. The zero-order chi connectivity index (χ0) is 14.4. The van der Waals surface area contributed by atoms with Crippen LogP contribution in [0.5, 0.6) is 5.75 Å². The Balaban J connectivity index is 1.81. The van der Waals surface area contributed by atoms with Gasteiger partial charge >= 0.3 is 6.03 Å². The van der Waals surface area contributed by atoms with Crippen LogP contribution in [-0.2, 0) is 0 Å². The fourth-order valence-corrected chi connectivity index (χ4v) is 2.28. The quantitative estimate of drug-likeness (QED) is 0.625. The molecule has 2 amide bonds. The Hall–Kier alpha value is -1.76. The predicted octanol–water partition coefficient (Wildman–Crippen LogP) is 3.76. The van der Waals surface area contributed by atoms with Gasteiger partial charge in [0.25, 0.3) is 0 Å². The number of carbonyl (C=O) groups excluding carboxylic acids is 1. The van der Waals surface area contributed by atoms with Crippen LogP contribution in [0, 0.1) is 10.5 Å². The Morgan fingerprint density at radius 3 is 2.65 bits per heavy atom. The largest absolute Gasteiger partial charge is 0.473 e. The van der Waals surface area contributed by atoms with Crippen molar-refractivity contribution in [3.05, 3.63) is 57.7 Å². The van der Waals surface area contributed by atoms with Crippen molar-refractivity contribution in [2.24, 2.45) is 0 Å². The maximum atomic E-state index is 11.7. The molecule has 2 aromatic rings. The Labute approximate surface area is 131 Å². The van der Waals surface area contributed by atoms with Crippen molar-refractivity contribution in [2.45, 2.75) is 6.92 Å². The van der Waals surface area contributed by atoms with Crippen molar-refractivity contribution in [3.8, 4) is 5.75 Å². The molecule has 4 nitrogen and oxygen atoms in total. The number of carbonyl (C=O) groups is 1. The van der Waals surface area contributed by atoms with Gasteiger partial charge in [-0.3, -0.25) is 0 Å². The second kappa shape index (κ2) is 7.14. The summed E-state index contributed by atoms with van der Waals surface area (Å²) in [5, 5.41) is 5.44. The minimum Gasteiger partial charge on any atom is -0.473 e. The second-order valence-corrected chi connectivity index (χ2v) is 5.44. The van der Waals surface area contributed by atoms with E-state index in [1.165, 1.54) is 0 Å². The minimum absolute atomic E-state index is 0.124. The van der Waals surface area contributed by atoms with Crippen LogP contribution in [0.15, 0.2) is 48.5 Å². The lowest BCUT2D eigenvalue weighted by Gasteiger charge is -2.11. The van der Waals surface area contributed by atoms with Crippen LogP contribution >= 0.6 is 22.6 Å². The molecule has 2 N–H and O–H groups in total. The number of rotatable bonds is 4. The molecule has 0 aliphatic heterocycles. The molecule has 0 saturated heterocycles. The second-order valence-electron chi connectivity index (χ2n) is 4.19. The summed E-state index contributed by atoms with van der Waals surface area (Å²) < 4.78 is 6.53. The lowest BCUT2D eigenvalue weighted by Crippen LogP contribution is -2.32. The van der Waals surface area contributed by atoms with Crippen LogP contribution < -0.4 is 15.4 Å². The summed E-state index contributed by atoms with van der Waals surface area (Å²) in [5.41, 5.74) is 1.82. The topological polar surface area (TPSA) is 50.4 Å². The Kier molecular flexibility index (Phi) is 5.23. The summed E-state index contributed by atoms with van der Waals surface area (Å²) >= 11 is 2.24. The normalized spacial score (nSPS) is 9.90. The van der Waals surface area contributed by atoms with Gasteiger partial charge in [0.2, 0.25) is 0 Å². The summed E-state index contributed by atoms with van der Waals surface area (Å²) in [4.78, 5) is 11.7. The van der Waals surface area contributed by atoms with Gasteiger partial charge in [-0.05, 0) is 65.4 Å². The highest BCUT2D eigenvalue weighted by atomic mass is 127. The number of halogens is 1. The first-order chi connectivity index (χ1) is 9.65. The third kappa shape index (κ3) is 4.41. The molecule has 2 rings (SSSR count). The predicted molar refractivity (Wildman–Crippen MR) is 88.0 cm³/mol. The summed E-state index contributed by atoms with van der Waals surface area (Å²) in [6.45, 7) is 2.08. The first kappa shape index (κ1) is 14.6. The summed E-state index contributed by atoms with van der Waals surface area (Å²) in [5.74, 6) is 0.721. The SMILES string of the molecule is Cc1cc(I)ccc1NC(=O)NCOc1ccccc1. The molecule has 20 heavy (non-hydrogen) atoms. The lowest BCUT2D eigenvalue weighted by molar-refractivity contribution is 0.234. The lowest BCUT2D eigenvalue weighted by atomic mass is 10.2. The fraction of sp³-hybridized carbons (Fsp3) is 0.133. The van der Waals surface area contributed by atoms with Crippen molar-refractivity contribution >= 4 is 34.3 Å². The van der Waals surface area contributed by atoms with E-state index in [0.29, 0.717) is 0 Å². The van der Waals surface area contributed by atoms with Gasteiger partial charge in [0.15, 0.2) is 6.73 Å². The maximum absolute atomic E-state index is 11.7. The highest BCUT2D eigenvalue weighted by Crippen LogP contribution is 2.17. The number of nitrogens with one attached hydrogen (secondary N) is 2. The highest BCUT2D eigenvalue weighted by Gasteiger charge is 2.04. The molecule has 0 aliphatic rings. The molecule has 104 valence electrons. The molecule has 0 fully saturated rings. The van der Waals surface area contributed by atoms with Crippen molar-refractivity contribution in [3.63, 3.8) is 0 Å². The molecule has 0 radical (unpaired) electrons. The van der Waals surface area contributed by atoms with Crippen LogP contribution in [0.25, 0.3) is 0 Å². The smallest absolute Gasteiger partial charge is 0.321 e. The van der Waals surface area contributed by atoms with Crippen LogP contribution in [0.4, 0.5) is 10.5 Å². The van der Waals surface area contributed by atoms with Crippen LogP contribution in [0.2, 0.25) is 0 Å². The molecule has 0 spiro atoms. The molecule has 0 bridgehead atoms. The first-order valence-corrected chi connectivity index (χ1v) is 7.22. The van der Waals surface area contributed by atoms with Crippen molar-refractivity contribution in [1.29, 1.82) is 0 Å². The molecule has 0 aromatic heterocycles. The van der Waals surface area contributed by atoms with E-state index < -0.39 is 0 Å². The molecule has 0 atom stereocenters.